The molecule has 0 amide bonds. The third-order valence-corrected chi connectivity index (χ3v) is 12.5. The Bertz CT molecular complexity index is 1270. The number of ether oxygens (including phenoxy) is 6. The van der Waals surface area contributed by atoms with Crippen molar-refractivity contribution < 1.29 is 58.7 Å². The Morgan fingerprint density at radius 1 is 1.00 bits per heavy atom. The average Bonchev–Trinajstić information content (AvgIpc) is 3.09. The number of hydrogen-bond acceptors (Lipinski definition) is 15. The number of nitrogens with zero attached hydrogens (tertiary/aromatic N) is 2. The first kappa shape index (κ1) is 46.9. The molecule has 0 spiro atoms. The zero-order valence-corrected chi connectivity index (χ0v) is 34.8. The highest BCUT2D eigenvalue weighted by Crippen LogP contribution is 2.44. The molecule has 3 heterocycles. The molecule has 0 aromatic rings. The fourth-order valence-electron chi connectivity index (χ4n) is 8.87. The van der Waals surface area contributed by atoms with E-state index in [0.717, 1.165) is 0 Å². The number of aliphatic hydroxyl groups is 5. The molecule has 15 nitrogen and oxygen atoms in total. The monoisotopic (exact) mass is 774 g/mol. The van der Waals surface area contributed by atoms with E-state index in [1.54, 1.807) is 48.5 Å². The van der Waals surface area contributed by atoms with Gasteiger partial charge in [-0.3, -0.25) is 4.79 Å². The lowest BCUT2D eigenvalue weighted by Gasteiger charge is -2.53. The minimum atomic E-state index is -1.83. The maximum absolute atomic E-state index is 14.2. The highest BCUT2D eigenvalue weighted by atomic mass is 16.7. The van der Waals surface area contributed by atoms with Crippen LogP contribution < -0.4 is 5.32 Å². The molecule has 3 aliphatic heterocycles. The van der Waals surface area contributed by atoms with Crippen molar-refractivity contribution in [2.75, 3.05) is 27.7 Å². The van der Waals surface area contributed by atoms with Crippen LogP contribution in [0.2, 0.25) is 0 Å². The van der Waals surface area contributed by atoms with Gasteiger partial charge in [0.1, 0.15) is 35.1 Å². The van der Waals surface area contributed by atoms with E-state index in [0.29, 0.717) is 13.0 Å². The van der Waals surface area contributed by atoms with Gasteiger partial charge in [-0.2, -0.15) is 5.26 Å². The van der Waals surface area contributed by atoms with Crippen LogP contribution in [0.25, 0.3) is 0 Å². The van der Waals surface area contributed by atoms with Gasteiger partial charge in [0.2, 0.25) is 0 Å². The predicted octanol–water partition coefficient (Wildman–Crippen LogP) is 1.84. The van der Waals surface area contributed by atoms with E-state index < -0.39 is 95.5 Å². The van der Waals surface area contributed by atoms with Crippen LogP contribution in [0.4, 0.5) is 0 Å². The summed E-state index contributed by atoms with van der Waals surface area (Å²) in [6.07, 6.45) is -8.45. The van der Waals surface area contributed by atoms with Crippen LogP contribution >= 0.6 is 0 Å². The lowest BCUT2D eigenvalue weighted by molar-refractivity contribution is -0.336. The van der Waals surface area contributed by atoms with Crippen molar-refractivity contribution >= 4 is 5.97 Å². The van der Waals surface area contributed by atoms with E-state index in [2.05, 4.69) is 5.32 Å². The van der Waals surface area contributed by atoms with Crippen molar-refractivity contribution in [2.45, 2.75) is 191 Å². The SMILES string of the molecule is CC[C@H]1OC(=O)[C@H](C)[C@@H](O[C@H]2C[C@@](C)(OC)[C@](O)(CC#N)[C@H](C)O2)[C@H](C)[C@@H](O[C@@H]2O[C@H](C)C[C@H](N(C)C)[C@H]2O)[C@](C)(O)C[C@@H](C)CN[C@H](C)[C@@H](O)[C@]1(C)O. The van der Waals surface area contributed by atoms with E-state index in [9.17, 15) is 35.6 Å². The molecule has 0 aromatic heterocycles. The Balaban J connectivity index is 2.18. The Morgan fingerprint density at radius 2 is 1.63 bits per heavy atom. The zero-order valence-electron chi connectivity index (χ0n) is 34.8. The number of likely N-dealkylation sites (N-methyl/N-ethyl adjacent to an activating group) is 1. The number of cyclic esters (lactones) is 1. The van der Waals surface area contributed by atoms with Crippen molar-refractivity contribution in [1.29, 1.82) is 5.26 Å². The van der Waals surface area contributed by atoms with E-state index in [4.69, 9.17) is 28.4 Å². The van der Waals surface area contributed by atoms with Gasteiger partial charge in [0.25, 0.3) is 0 Å². The Hall–Kier alpha value is -1.52. The highest BCUT2D eigenvalue weighted by Gasteiger charge is 2.58. The van der Waals surface area contributed by atoms with Crippen molar-refractivity contribution in [3.05, 3.63) is 0 Å². The molecule has 314 valence electrons. The number of nitrogens with one attached hydrogen (secondary N) is 1. The second-order valence-corrected chi connectivity index (χ2v) is 17.4. The molecule has 18 atom stereocenters. The fraction of sp³-hybridized carbons (Fsp3) is 0.949. The van der Waals surface area contributed by atoms with E-state index in [1.165, 1.54) is 14.0 Å². The van der Waals surface area contributed by atoms with Crippen LogP contribution in [0.1, 0.15) is 101 Å². The first-order chi connectivity index (χ1) is 24.9. The molecule has 0 bridgehead atoms. The van der Waals surface area contributed by atoms with Gasteiger partial charge >= 0.3 is 5.97 Å². The molecule has 0 radical (unpaired) electrons. The topological polar surface area (TPSA) is 213 Å². The van der Waals surface area contributed by atoms with E-state index in [-0.39, 0.29) is 43.7 Å². The van der Waals surface area contributed by atoms with Gasteiger partial charge in [0.15, 0.2) is 12.6 Å². The molecule has 0 aliphatic carbocycles. The van der Waals surface area contributed by atoms with Crippen molar-refractivity contribution in [3.8, 4) is 6.07 Å². The van der Waals surface area contributed by atoms with Crippen LogP contribution in [0.15, 0.2) is 0 Å². The summed E-state index contributed by atoms with van der Waals surface area (Å²) in [6, 6.07) is 1.12. The van der Waals surface area contributed by atoms with Gasteiger partial charge in [0, 0.05) is 31.5 Å². The number of methoxy groups -OCH3 is 1. The van der Waals surface area contributed by atoms with Crippen molar-refractivity contribution in [2.24, 2.45) is 17.8 Å². The summed E-state index contributed by atoms with van der Waals surface area (Å²) in [5.74, 6) is -2.80. The highest BCUT2D eigenvalue weighted by molar-refractivity contribution is 5.73. The van der Waals surface area contributed by atoms with Crippen molar-refractivity contribution in [1.82, 2.24) is 10.2 Å². The standard InChI is InChI=1S/C39H71N3O12/c1-14-28-38(10,47)32(44)25(6)41-20-21(2)18-36(8,46)33(54-35-30(43)27(42(11)12)17-22(3)50-35)23(4)31(24(5)34(45)52-28)53-29-19-37(9,49-13)39(48,15-16-40)26(7)51-29/h21-33,35,41,43-44,46-48H,14-15,17-20H2,1-13H3/t21-,22-,23+,24-,25-,26+,27+,28-,29+,30-,31+,32-,33-,35+,36-,37-,38-,39+/m1/s1. The Labute approximate surface area is 322 Å². The third-order valence-electron chi connectivity index (χ3n) is 12.5. The lowest BCUT2D eigenvalue weighted by atomic mass is 9.73. The Kier molecular flexibility index (Phi) is 16.0. The first-order valence-electron chi connectivity index (χ1n) is 19.6. The number of carbonyl (C=O) groups excluding carboxylic acids is 1. The van der Waals surface area contributed by atoms with Gasteiger partial charge in [-0.1, -0.05) is 20.8 Å². The van der Waals surface area contributed by atoms with Crippen LogP contribution in [0, 0.1) is 29.1 Å². The van der Waals surface area contributed by atoms with Crippen LogP contribution in [0.5, 0.6) is 0 Å². The summed E-state index contributed by atoms with van der Waals surface area (Å²) >= 11 is 0. The largest absolute Gasteiger partial charge is 0.459 e. The summed E-state index contributed by atoms with van der Waals surface area (Å²) in [5.41, 5.74) is -6.41. The molecule has 0 aromatic carbocycles. The molecule has 3 fully saturated rings. The van der Waals surface area contributed by atoms with Crippen molar-refractivity contribution in [3.63, 3.8) is 0 Å². The molecule has 3 saturated heterocycles. The molecular formula is C39H71N3O12. The normalized spacial score (nSPS) is 49.0. The summed E-state index contributed by atoms with van der Waals surface area (Å²) in [7, 11) is 5.17. The number of rotatable bonds is 8. The first-order valence-corrected chi connectivity index (χ1v) is 19.6. The van der Waals surface area contributed by atoms with Gasteiger partial charge in [-0.15, -0.1) is 0 Å². The predicted molar refractivity (Wildman–Crippen MR) is 199 cm³/mol. The molecule has 6 N–H and O–H groups in total. The zero-order chi connectivity index (χ0) is 41.1. The molecule has 54 heavy (non-hydrogen) atoms. The quantitative estimate of drug-likeness (QED) is 0.194. The van der Waals surface area contributed by atoms with E-state index >= 15 is 0 Å². The second-order valence-electron chi connectivity index (χ2n) is 17.4. The van der Waals surface area contributed by atoms with Crippen LogP contribution in [-0.4, -0.2) is 154 Å². The molecule has 3 aliphatic rings. The van der Waals surface area contributed by atoms with Gasteiger partial charge < -0.3 is 64.2 Å². The number of nitriles is 1. The number of aliphatic hydroxyl groups excluding tert-OH is 2. The third kappa shape index (κ3) is 9.94. The smallest absolute Gasteiger partial charge is 0.311 e. The van der Waals surface area contributed by atoms with E-state index in [1.807, 2.05) is 38.9 Å². The molecule has 0 unspecified atom stereocenters. The average molecular weight is 774 g/mol. The fourth-order valence-corrected chi connectivity index (χ4v) is 8.87. The molecule has 15 heteroatoms. The number of esters is 1. The maximum Gasteiger partial charge on any atom is 0.311 e. The minimum absolute atomic E-state index is 0.0233. The van der Waals surface area contributed by atoms with Crippen LogP contribution in [-0.2, 0) is 33.2 Å². The summed E-state index contributed by atoms with van der Waals surface area (Å²) in [5, 5.41) is 71.4. The second kappa shape index (κ2) is 18.4. The number of hydrogen-bond donors (Lipinski definition) is 6. The summed E-state index contributed by atoms with van der Waals surface area (Å²) in [4.78, 5) is 16.1. The maximum atomic E-state index is 14.2. The number of carbonyl (C=O) groups is 1. The summed E-state index contributed by atoms with van der Waals surface area (Å²) in [6.45, 7) is 17.5. The van der Waals surface area contributed by atoms with Gasteiger partial charge in [0.05, 0.1) is 48.4 Å². The Morgan fingerprint density at radius 3 is 2.19 bits per heavy atom. The van der Waals surface area contributed by atoms with Crippen LogP contribution in [0.3, 0.4) is 0 Å². The van der Waals surface area contributed by atoms with Gasteiger partial charge in [-0.05, 0) is 94.3 Å². The molecular weight excluding hydrogens is 702 g/mol. The molecule has 0 saturated carbocycles. The lowest BCUT2D eigenvalue weighted by Crippen LogP contribution is -2.66. The minimum Gasteiger partial charge on any atom is -0.459 e. The summed E-state index contributed by atoms with van der Waals surface area (Å²) < 4.78 is 37.7. The van der Waals surface area contributed by atoms with Gasteiger partial charge in [-0.25, -0.2) is 0 Å². The molecule has 3 rings (SSSR count).